The van der Waals surface area contributed by atoms with Gasteiger partial charge in [0.1, 0.15) is 0 Å². The predicted molar refractivity (Wildman–Crippen MR) is 339 cm³/mol. The smallest absolute Gasteiger partial charge is 0.0788 e. The summed E-state index contributed by atoms with van der Waals surface area (Å²) < 4.78 is 0. The predicted octanol–water partition coefficient (Wildman–Crippen LogP) is 14.2. The van der Waals surface area contributed by atoms with Gasteiger partial charge in [-0.05, 0) is 45.8 Å². The van der Waals surface area contributed by atoms with Crippen molar-refractivity contribution >= 4 is 86.7 Å². The fourth-order valence-corrected chi connectivity index (χ4v) is 10.9. The zero-order valence-electron chi connectivity index (χ0n) is 45.2. The van der Waals surface area contributed by atoms with Crippen molar-refractivity contribution in [1.82, 2.24) is 19.9 Å². The van der Waals surface area contributed by atoms with E-state index >= 15 is 0 Å². The Bertz CT molecular complexity index is 4220. The van der Waals surface area contributed by atoms with Crippen molar-refractivity contribution < 1.29 is 65.0 Å². The molecule has 0 amide bonds. The van der Waals surface area contributed by atoms with Gasteiger partial charge in [-0.3, -0.25) is 0 Å². The van der Waals surface area contributed by atoms with Gasteiger partial charge in [0, 0.05) is 106 Å². The Hall–Kier alpha value is -8.80. The molecule has 0 saturated heterocycles. The molecule has 0 bridgehead atoms. The number of aromatic nitrogens is 4. The fourth-order valence-electron chi connectivity index (χ4n) is 10.9. The Balaban J connectivity index is 0.000000132. The Morgan fingerprint density at radius 1 is 0.143 bits per heavy atom. The molecule has 4 aromatic heterocycles. The van der Waals surface area contributed by atoms with E-state index in [0.717, 1.165) is 67.1 Å². The molecule has 0 spiro atoms. The molecule has 0 unspecified atom stereocenters. The van der Waals surface area contributed by atoms with Crippen LogP contribution in [0.3, 0.4) is 0 Å². The summed E-state index contributed by atoms with van der Waals surface area (Å²) in [6, 6.07) is 109. The minimum Gasteiger partial charge on any atom is -1.00 e. The van der Waals surface area contributed by atoms with Crippen LogP contribution in [-0.4, -0.2) is 19.9 Å². The minimum atomic E-state index is 0. The number of nitrogens with zero attached hydrogens (tertiary/aromatic N) is 4. The van der Waals surface area contributed by atoms with Crippen molar-refractivity contribution in [3.8, 4) is 45.0 Å². The van der Waals surface area contributed by atoms with Gasteiger partial charge in [0.25, 0.3) is 0 Å². The number of benzene rings is 12. The molecule has 4 nitrogen and oxygen atoms in total. The first-order valence-corrected chi connectivity index (χ1v) is 27.1. The maximum Gasteiger partial charge on any atom is 0.0788 e. The van der Waals surface area contributed by atoms with Gasteiger partial charge >= 0.3 is 0 Å². The van der Waals surface area contributed by atoms with E-state index < -0.39 is 0 Å². The summed E-state index contributed by atoms with van der Waals surface area (Å²) in [5.74, 6) is 0. The number of halogens is 2. The van der Waals surface area contributed by atoms with Gasteiger partial charge in [-0.25, -0.2) is 19.9 Å². The summed E-state index contributed by atoms with van der Waals surface area (Å²) in [5.41, 5.74) is 13.1. The summed E-state index contributed by atoms with van der Waals surface area (Å²) >= 11 is 0. The van der Waals surface area contributed by atoms with Crippen LogP contribution in [0.2, 0.25) is 0 Å². The van der Waals surface area contributed by atoms with Crippen LogP contribution in [0.5, 0.6) is 0 Å². The maximum atomic E-state index is 4.87. The first kappa shape index (κ1) is 59.8. The van der Waals surface area contributed by atoms with Gasteiger partial charge in [0.15, 0.2) is 0 Å². The van der Waals surface area contributed by atoms with E-state index in [9.17, 15) is 0 Å². The molecular formula is C76H52Cl2Ir2N4-2. The molecule has 4 heterocycles. The molecule has 84 heavy (non-hydrogen) atoms. The Kier molecular flexibility index (Phi) is 19.9. The third-order valence-corrected chi connectivity index (χ3v) is 14.6. The van der Waals surface area contributed by atoms with Gasteiger partial charge < -0.3 is 24.8 Å². The van der Waals surface area contributed by atoms with Crippen molar-refractivity contribution in [3.05, 3.63) is 315 Å². The van der Waals surface area contributed by atoms with Crippen LogP contribution >= 0.6 is 0 Å². The molecule has 0 saturated carbocycles. The van der Waals surface area contributed by atoms with E-state index in [0.29, 0.717) is 0 Å². The molecule has 0 aliphatic carbocycles. The molecule has 0 N–H and O–H groups in total. The van der Waals surface area contributed by atoms with Gasteiger partial charge in [-0.2, -0.15) is 0 Å². The van der Waals surface area contributed by atoms with E-state index in [2.05, 4.69) is 267 Å². The topological polar surface area (TPSA) is 51.6 Å². The summed E-state index contributed by atoms with van der Waals surface area (Å²) in [5, 5.41) is 14.7. The van der Waals surface area contributed by atoms with E-state index in [1.54, 1.807) is 0 Å². The van der Waals surface area contributed by atoms with Crippen LogP contribution in [0, 0.1) is 0 Å². The van der Waals surface area contributed by atoms with E-state index in [1.165, 1.54) is 64.6 Å². The quantitative estimate of drug-likeness (QED) is 0.165. The molecule has 2 radical (unpaired) electrons. The average molecular weight is 1480 g/mol. The fraction of sp³-hybridized carbons (Fsp3) is 0. The second-order valence-electron chi connectivity index (χ2n) is 19.6. The molecule has 16 rings (SSSR count). The zero-order valence-corrected chi connectivity index (χ0v) is 51.5. The van der Waals surface area contributed by atoms with E-state index in [4.69, 9.17) is 19.9 Å². The number of hydrogen-bond acceptors (Lipinski definition) is 4. The maximum absolute atomic E-state index is 4.87. The second-order valence-corrected chi connectivity index (χ2v) is 19.6. The van der Waals surface area contributed by atoms with Crippen molar-refractivity contribution in [2.45, 2.75) is 0 Å². The zero-order chi connectivity index (χ0) is 53.5. The summed E-state index contributed by atoms with van der Waals surface area (Å²) in [6.07, 6.45) is 0. The van der Waals surface area contributed by atoms with Gasteiger partial charge in [0.05, 0.1) is 44.8 Å². The number of hydrogen-bond donors (Lipinski definition) is 0. The molecule has 0 aliphatic heterocycles. The number of pyridine rings is 4. The number of fused-ring (bicyclic) bond motifs is 12. The standard InChI is InChI=1S/4C19H13N.2ClH.2Ir/c4*1-2-8-14(9-3-1)19-17-12-5-4-10-15(17)16-11-6-7-13-18(16)20-19;;;;/h4*1-13H;2*1H;;/p-2. The van der Waals surface area contributed by atoms with Crippen LogP contribution in [0.25, 0.3) is 132 Å². The van der Waals surface area contributed by atoms with Crippen molar-refractivity contribution in [2.24, 2.45) is 0 Å². The molecule has 8 heteroatoms. The van der Waals surface area contributed by atoms with Crippen molar-refractivity contribution in [2.75, 3.05) is 0 Å². The Morgan fingerprint density at radius 3 is 0.476 bits per heavy atom. The van der Waals surface area contributed by atoms with Gasteiger partial charge in [-0.15, -0.1) is 0 Å². The molecule has 16 aromatic rings. The number of para-hydroxylation sites is 4. The second kappa shape index (κ2) is 28.0. The summed E-state index contributed by atoms with van der Waals surface area (Å²) in [6.45, 7) is 0. The molecule has 12 aromatic carbocycles. The molecular weight excluding hydrogens is 1420 g/mol. The van der Waals surface area contributed by atoms with Gasteiger partial charge in [-0.1, -0.05) is 291 Å². The largest absolute Gasteiger partial charge is 1.00 e. The Morgan fingerprint density at radius 2 is 0.286 bits per heavy atom. The third-order valence-electron chi connectivity index (χ3n) is 14.6. The summed E-state index contributed by atoms with van der Waals surface area (Å²) in [7, 11) is 0. The van der Waals surface area contributed by atoms with Crippen LogP contribution in [0.15, 0.2) is 315 Å². The first-order chi connectivity index (χ1) is 39.7. The van der Waals surface area contributed by atoms with E-state index in [1.807, 2.05) is 48.5 Å². The van der Waals surface area contributed by atoms with Gasteiger partial charge in [0.2, 0.25) is 0 Å². The average Bonchev–Trinajstić information content (AvgIpc) is 2.80. The molecule has 410 valence electrons. The molecule has 0 aliphatic rings. The van der Waals surface area contributed by atoms with Crippen LogP contribution < -0.4 is 24.8 Å². The summed E-state index contributed by atoms with van der Waals surface area (Å²) in [4.78, 5) is 19.5. The van der Waals surface area contributed by atoms with Crippen molar-refractivity contribution in [3.63, 3.8) is 0 Å². The van der Waals surface area contributed by atoms with Crippen molar-refractivity contribution in [1.29, 1.82) is 0 Å². The van der Waals surface area contributed by atoms with E-state index in [-0.39, 0.29) is 65.0 Å². The third kappa shape index (κ3) is 12.4. The number of rotatable bonds is 4. The van der Waals surface area contributed by atoms with Crippen LogP contribution in [0.1, 0.15) is 0 Å². The minimum absolute atomic E-state index is 0. The van der Waals surface area contributed by atoms with Crippen LogP contribution in [-0.2, 0) is 40.2 Å². The Labute approximate surface area is 527 Å². The SMILES string of the molecule is [Cl-].[Cl-].[Ir].[Ir].c1ccc(-c2nc3ccccc3c3ccccc23)cc1.c1ccc(-c2nc3ccccc3c3ccccc23)cc1.c1ccc(-c2nc3ccccc3c3ccccc23)cc1.c1ccc(-c2nc3ccccc3c3ccccc23)cc1. The molecule has 0 fully saturated rings. The molecule has 0 atom stereocenters. The normalized spacial score (nSPS) is 10.5. The van der Waals surface area contributed by atoms with Crippen LogP contribution in [0.4, 0.5) is 0 Å². The first-order valence-electron chi connectivity index (χ1n) is 27.1. The monoisotopic (exact) mass is 1480 g/mol.